The summed E-state index contributed by atoms with van der Waals surface area (Å²) in [6, 6.07) is 0. The van der Waals surface area contributed by atoms with E-state index in [0.717, 1.165) is 25.7 Å². The molecule has 0 spiro atoms. The zero-order valence-corrected chi connectivity index (χ0v) is 13.9. The van der Waals surface area contributed by atoms with Gasteiger partial charge in [0.2, 0.25) is 0 Å². The fourth-order valence-corrected chi connectivity index (χ4v) is 4.22. The van der Waals surface area contributed by atoms with Crippen molar-refractivity contribution in [3.8, 4) is 0 Å². The van der Waals surface area contributed by atoms with E-state index in [1.807, 2.05) is 6.92 Å². The maximum absolute atomic E-state index is 14.4. The molecule has 7 atom stereocenters. The summed E-state index contributed by atoms with van der Waals surface area (Å²) in [4.78, 5) is 0. The van der Waals surface area contributed by atoms with Crippen LogP contribution in [0.3, 0.4) is 0 Å². The first-order valence-corrected chi connectivity index (χ1v) is 9.12. The first-order chi connectivity index (χ1) is 10.6. The largest absolute Gasteiger partial charge is 0.375 e. The predicted molar refractivity (Wildman–Crippen MR) is 83.2 cm³/mol. The van der Waals surface area contributed by atoms with E-state index < -0.39 is 18.5 Å². The lowest BCUT2D eigenvalue weighted by molar-refractivity contribution is -0.0659. The van der Waals surface area contributed by atoms with E-state index >= 15 is 0 Å². The molecule has 0 aromatic carbocycles. The number of halogens is 3. The topological polar surface area (TPSA) is 9.23 Å². The highest BCUT2D eigenvalue weighted by Crippen LogP contribution is 2.44. The molecule has 2 aliphatic rings. The molecule has 0 aliphatic heterocycles. The van der Waals surface area contributed by atoms with E-state index in [0.29, 0.717) is 32.3 Å². The summed E-state index contributed by atoms with van der Waals surface area (Å²) in [6.07, 6.45) is 1.75. The van der Waals surface area contributed by atoms with Crippen LogP contribution in [0, 0.1) is 17.8 Å². The summed E-state index contributed by atoms with van der Waals surface area (Å²) >= 11 is 0. The minimum absolute atomic E-state index is 0.0212. The Kier molecular flexibility index (Phi) is 7.04. The second-order valence-electron chi connectivity index (χ2n) is 7.15. The van der Waals surface area contributed by atoms with Crippen molar-refractivity contribution in [3.05, 3.63) is 0 Å². The van der Waals surface area contributed by atoms with Crippen molar-refractivity contribution in [2.24, 2.45) is 17.8 Å². The van der Waals surface area contributed by atoms with Gasteiger partial charge in [-0.2, -0.15) is 0 Å². The molecule has 2 rings (SSSR count). The van der Waals surface area contributed by atoms with Crippen LogP contribution >= 0.6 is 0 Å². The van der Waals surface area contributed by atoms with Crippen LogP contribution in [0.5, 0.6) is 0 Å². The Morgan fingerprint density at radius 1 is 0.955 bits per heavy atom. The van der Waals surface area contributed by atoms with Gasteiger partial charge >= 0.3 is 0 Å². The fraction of sp³-hybridized carbons (Fsp3) is 1.00. The van der Waals surface area contributed by atoms with Crippen molar-refractivity contribution >= 4 is 0 Å². The molecule has 130 valence electrons. The van der Waals surface area contributed by atoms with Crippen molar-refractivity contribution in [2.75, 3.05) is 6.61 Å². The van der Waals surface area contributed by atoms with Crippen molar-refractivity contribution in [3.63, 3.8) is 0 Å². The molecule has 0 saturated heterocycles. The third-order valence-electron chi connectivity index (χ3n) is 5.75. The van der Waals surface area contributed by atoms with E-state index in [9.17, 15) is 13.2 Å². The molecule has 0 heterocycles. The van der Waals surface area contributed by atoms with Crippen LogP contribution in [0.2, 0.25) is 0 Å². The number of unbranched alkanes of at least 4 members (excludes halogenated alkanes) is 1. The standard InChI is InChI=1S/C18H31F3O/c1-3-5-10-22-16-9-7-13(11-15(16)19)14-8-6-12(4-2)17(20)18(14)21/h12-18H,3-11H2,1-2H3. The number of rotatable bonds is 6. The monoisotopic (exact) mass is 320 g/mol. The van der Waals surface area contributed by atoms with Crippen LogP contribution in [0.1, 0.15) is 65.2 Å². The average molecular weight is 320 g/mol. The van der Waals surface area contributed by atoms with E-state index in [1.54, 1.807) is 0 Å². The normalized spacial score (nSPS) is 43.2. The Morgan fingerprint density at radius 3 is 2.36 bits per heavy atom. The first-order valence-electron chi connectivity index (χ1n) is 9.12. The maximum Gasteiger partial charge on any atom is 0.134 e. The lowest BCUT2D eigenvalue weighted by Crippen LogP contribution is -2.44. The van der Waals surface area contributed by atoms with E-state index in [4.69, 9.17) is 4.74 Å². The highest BCUT2D eigenvalue weighted by atomic mass is 19.2. The highest BCUT2D eigenvalue weighted by Gasteiger charge is 2.45. The van der Waals surface area contributed by atoms with Crippen LogP contribution < -0.4 is 0 Å². The molecule has 2 saturated carbocycles. The summed E-state index contributed by atoms with van der Waals surface area (Å²) in [5, 5.41) is 0. The van der Waals surface area contributed by atoms with Gasteiger partial charge in [0, 0.05) is 6.61 Å². The van der Waals surface area contributed by atoms with Gasteiger partial charge in [-0.25, -0.2) is 13.2 Å². The molecule has 2 fully saturated rings. The minimum atomic E-state index is -1.41. The Hall–Kier alpha value is -0.250. The molecule has 22 heavy (non-hydrogen) atoms. The van der Waals surface area contributed by atoms with Crippen LogP contribution in [0.4, 0.5) is 13.2 Å². The zero-order valence-electron chi connectivity index (χ0n) is 13.9. The molecule has 1 nitrogen and oxygen atoms in total. The number of hydrogen-bond acceptors (Lipinski definition) is 1. The van der Waals surface area contributed by atoms with Gasteiger partial charge in [0.15, 0.2) is 0 Å². The molecule has 7 unspecified atom stereocenters. The smallest absolute Gasteiger partial charge is 0.134 e. The van der Waals surface area contributed by atoms with Crippen molar-refractivity contribution in [1.82, 2.24) is 0 Å². The van der Waals surface area contributed by atoms with Crippen LogP contribution in [0.15, 0.2) is 0 Å². The summed E-state index contributed by atoms with van der Waals surface area (Å²) in [7, 11) is 0. The molecule has 0 radical (unpaired) electrons. The number of alkyl halides is 3. The van der Waals surface area contributed by atoms with Gasteiger partial charge in [0.05, 0.1) is 6.10 Å². The fourth-order valence-electron chi connectivity index (χ4n) is 4.22. The average Bonchev–Trinajstić information content (AvgIpc) is 2.52. The first kappa shape index (κ1) is 18.1. The molecule has 2 aliphatic carbocycles. The highest BCUT2D eigenvalue weighted by molar-refractivity contribution is 4.94. The van der Waals surface area contributed by atoms with Crippen molar-refractivity contribution in [2.45, 2.75) is 89.8 Å². The third kappa shape index (κ3) is 4.18. The van der Waals surface area contributed by atoms with Gasteiger partial charge < -0.3 is 4.74 Å². The Balaban J connectivity index is 1.85. The van der Waals surface area contributed by atoms with Crippen LogP contribution in [-0.2, 0) is 4.74 Å². The van der Waals surface area contributed by atoms with Crippen molar-refractivity contribution < 1.29 is 17.9 Å². The lowest BCUT2D eigenvalue weighted by atomic mass is 9.68. The summed E-state index contributed by atoms with van der Waals surface area (Å²) in [5.41, 5.74) is 0. The lowest BCUT2D eigenvalue weighted by Gasteiger charge is -2.42. The van der Waals surface area contributed by atoms with Gasteiger partial charge in [0.1, 0.15) is 18.5 Å². The molecule has 4 heteroatoms. The van der Waals surface area contributed by atoms with Crippen molar-refractivity contribution in [1.29, 1.82) is 0 Å². The maximum atomic E-state index is 14.4. The van der Waals surface area contributed by atoms with Gasteiger partial charge in [-0.1, -0.05) is 26.7 Å². The molecule has 0 amide bonds. The van der Waals surface area contributed by atoms with Crippen LogP contribution in [0.25, 0.3) is 0 Å². The molecule has 0 aromatic rings. The number of ether oxygens (including phenoxy) is 1. The van der Waals surface area contributed by atoms with Gasteiger partial charge in [-0.15, -0.1) is 0 Å². The SMILES string of the molecule is CCCCOC1CCC(C2CCC(CC)C(F)C2F)CC1F. The van der Waals surface area contributed by atoms with E-state index in [-0.39, 0.29) is 23.9 Å². The molecule has 0 aromatic heterocycles. The second kappa shape index (κ2) is 8.56. The minimum Gasteiger partial charge on any atom is -0.375 e. The molecule has 0 N–H and O–H groups in total. The Bertz CT molecular complexity index is 325. The third-order valence-corrected chi connectivity index (χ3v) is 5.75. The zero-order chi connectivity index (χ0) is 16.1. The molecular formula is C18H31F3O. The quantitative estimate of drug-likeness (QED) is 0.594. The summed E-state index contributed by atoms with van der Waals surface area (Å²) < 4.78 is 48.5. The Labute approximate surface area is 133 Å². The summed E-state index contributed by atoms with van der Waals surface area (Å²) in [5.74, 6) is -0.471. The molecular weight excluding hydrogens is 289 g/mol. The van der Waals surface area contributed by atoms with E-state index in [1.165, 1.54) is 0 Å². The Morgan fingerprint density at radius 2 is 1.73 bits per heavy atom. The van der Waals surface area contributed by atoms with Gasteiger partial charge in [0.25, 0.3) is 0 Å². The predicted octanol–water partition coefficient (Wildman–Crippen LogP) is 5.42. The van der Waals surface area contributed by atoms with Gasteiger partial charge in [-0.05, 0) is 56.3 Å². The van der Waals surface area contributed by atoms with Gasteiger partial charge in [-0.3, -0.25) is 0 Å². The van der Waals surface area contributed by atoms with Crippen LogP contribution in [-0.4, -0.2) is 31.2 Å². The second-order valence-corrected chi connectivity index (χ2v) is 7.15. The summed E-state index contributed by atoms with van der Waals surface area (Å²) in [6.45, 7) is 4.60. The van der Waals surface area contributed by atoms with E-state index in [2.05, 4.69) is 6.92 Å². The molecule has 0 bridgehead atoms. The number of hydrogen-bond donors (Lipinski definition) is 0.